The molecule has 1 amide bonds. The molecular weight excluding hydrogens is 334 g/mol. The van der Waals surface area contributed by atoms with E-state index >= 15 is 0 Å². The number of aryl methyl sites for hydroxylation is 2. The van der Waals surface area contributed by atoms with Gasteiger partial charge in [0.05, 0.1) is 11.3 Å². The molecule has 0 spiro atoms. The summed E-state index contributed by atoms with van der Waals surface area (Å²) in [5, 5.41) is 11.8. The summed E-state index contributed by atoms with van der Waals surface area (Å²) in [5.41, 5.74) is 2.73. The Morgan fingerprint density at radius 1 is 1.16 bits per heavy atom. The number of carbonyl (C=O) groups is 1. The summed E-state index contributed by atoms with van der Waals surface area (Å²) in [7, 11) is 0. The summed E-state index contributed by atoms with van der Waals surface area (Å²) in [6, 6.07) is 11.8. The van der Waals surface area contributed by atoms with E-state index in [1.54, 1.807) is 0 Å². The highest BCUT2D eigenvalue weighted by Gasteiger charge is 2.20. The molecule has 0 saturated carbocycles. The van der Waals surface area contributed by atoms with Crippen LogP contribution in [0.2, 0.25) is 0 Å². The highest BCUT2D eigenvalue weighted by molar-refractivity contribution is 8.00. The lowest BCUT2D eigenvalue weighted by molar-refractivity contribution is -0.120. The third-order valence-corrected chi connectivity index (χ3v) is 5.01. The molecule has 130 valence electrons. The van der Waals surface area contributed by atoms with Crippen molar-refractivity contribution in [1.82, 2.24) is 24.9 Å². The van der Waals surface area contributed by atoms with Gasteiger partial charge in [0.1, 0.15) is 5.82 Å². The molecule has 6 nitrogen and oxygen atoms in total. The summed E-state index contributed by atoms with van der Waals surface area (Å²) in [6.07, 6.45) is 0. The number of amides is 1. The fourth-order valence-electron chi connectivity index (χ4n) is 2.65. The predicted octanol–water partition coefficient (Wildman–Crippen LogP) is 3.10. The largest absolute Gasteiger partial charge is 0.349 e. The average Bonchev–Trinajstić information content (AvgIpc) is 2.98. The van der Waals surface area contributed by atoms with Crippen LogP contribution in [-0.2, 0) is 4.79 Å². The van der Waals surface area contributed by atoms with E-state index in [-0.39, 0.29) is 17.2 Å². The fraction of sp³-hybridized carbons (Fsp3) is 0.333. The van der Waals surface area contributed by atoms with Crippen molar-refractivity contribution in [1.29, 1.82) is 0 Å². The molecule has 0 aliphatic heterocycles. The molecule has 2 unspecified atom stereocenters. The van der Waals surface area contributed by atoms with Crippen molar-refractivity contribution in [3.63, 3.8) is 0 Å². The molecule has 1 aromatic carbocycles. The Kier molecular flexibility index (Phi) is 5.03. The molecule has 2 aromatic heterocycles. The Hall–Kier alpha value is -2.41. The van der Waals surface area contributed by atoms with Gasteiger partial charge in [-0.1, -0.05) is 42.1 Å². The molecule has 2 heterocycles. The van der Waals surface area contributed by atoms with Crippen LogP contribution >= 0.6 is 11.8 Å². The molecule has 0 bridgehead atoms. The minimum absolute atomic E-state index is 0.0316. The summed E-state index contributed by atoms with van der Waals surface area (Å²) in [4.78, 5) is 17.0. The zero-order valence-electron chi connectivity index (χ0n) is 14.7. The Morgan fingerprint density at radius 2 is 1.88 bits per heavy atom. The smallest absolute Gasteiger partial charge is 0.233 e. The van der Waals surface area contributed by atoms with Crippen LogP contribution in [0.5, 0.6) is 0 Å². The van der Waals surface area contributed by atoms with Crippen LogP contribution in [0, 0.1) is 13.8 Å². The molecule has 0 saturated heterocycles. The van der Waals surface area contributed by atoms with Crippen molar-refractivity contribution >= 4 is 23.3 Å². The predicted molar refractivity (Wildman–Crippen MR) is 98.6 cm³/mol. The van der Waals surface area contributed by atoms with Crippen LogP contribution in [0.3, 0.4) is 0 Å². The third kappa shape index (κ3) is 3.82. The first-order chi connectivity index (χ1) is 12.0. The summed E-state index contributed by atoms with van der Waals surface area (Å²) in [5.74, 6) is 0.781. The van der Waals surface area contributed by atoms with E-state index in [0.29, 0.717) is 5.16 Å². The van der Waals surface area contributed by atoms with Crippen LogP contribution in [0.1, 0.15) is 37.0 Å². The fourth-order valence-corrected chi connectivity index (χ4v) is 3.56. The van der Waals surface area contributed by atoms with Crippen molar-refractivity contribution < 1.29 is 4.79 Å². The van der Waals surface area contributed by atoms with Gasteiger partial charge in [0, 0.05) is 11.8 Å². The van der Waals surface area contributed by atoms with Crippen LogP contribution < -0.4 is 5.32 Å². The van der Waals surface area contributed by atoms with Gasteiger partial charge < -0.3 is 5.32 Å². The third-order valence-electron chi connectivity index (χ3n) is 3.97. The van der Waals surface area contributed by atoms with Gasteiger partial charge in [0.15, 0.2) is 10.8 Å². The van der Waals surface area contributed by atoms with E-state index < -0.39 is 0 Å². The minimum Gasteiger partial charge on any atom is -0.349 e. The maximum atomic E-state index is 12.5. The van der Waals surface area contributed by atoms with Crippen LogP contribution in [0.25, 0.3) is 5.65 Å². The van der Waals surface area contributed by atoms with Crippen molar-refractivity contribution in [2.24, 2.45) is 0 Å². The number of rotatable bonds is 5. The zero-order chi connectivity index (χ0) is 18.0. The second-order valence-electron chi connectivity index (χ2n) is 6.02. The van der Waals surface area contributed by atoms with Crippen molar-refractivity contribution in [3.8, 4) is 0 Å². The Labute approximate surface area is 151 Å². The van der Waals surface area contributed by atoms with E-state index in [2.05, 4.69) is 20.5 Å². The number of nitrogens with one attached hydrogen (secondary N) is 1. The van der Waals surface area contributed by atoms with Crippen molar-refractivity contribution in [2.45, 2.75) is 44.1 Å². The first-order valence-electron chi connectivity index (χ1n) is 8.17. The van der Waals surface area contributed by atoms with E-state index in [9.17, 15) is 4.79 Å². The van der Waals surface area contributed by atoms with Gasteiger partial charge in [0.25, 0.3) is 0 Å². The summed E-state index contributed by atoms with van der Waals surface area (Å²) < 4.78 is 1.88. The monoisotopic (exact) mass is 355 g/mol. The molecule has 0 radical (unpaired) electrons. The van der Waals surface area contributed by atoms with E-state index in [1.807, 2.05) is 68.5 Å². The molecule has 0 aliphatic carbocycles. The number of fused-ring (bicyclic) bond motifs is 1. The molecule has 0 fully saturated rings. The molecule has 7 heteroatoms. The Bertz CT molecular complexity index is 893. The maximum absolute atomic E-state index is 12.5. The van der Waals surface area contributed by atoms with Crippen LogP contribution in [0.15, 0.2) is 41.6 Å². The molecular formula is C18H21N5OS. The number of hydrogen-bond donors (Lipinski definition) is 1. The van der Waals surface area contributed by atoms with Gasteiger partial charge in [-0.05, 0) is 33.3 Å². The number of carbonyl (C=O) groups excluding carboxylic acids is 1. The SMILES string of the molecule is Cc1cc2nnc(SC(C)C(=O)NC(C)c3ccccc3)n2c(C)n1. The number of nitrogens with zero attached hydrogens (tertiary/aromatic N) is 4. The highest BCUT2D eigenvalue weighted by atomic mass is 32.2. The van der Waals surface area contributed by atoms with E-state index in [0.717, 1.165) is 22.7 Å². The highest BCUT2D eigenvalue weighted by Crippen LogP contribution is 2.24. The first-order valence-corrected chi connectivity index (χ1v) is 9.05. The average molecular weight is 355 g/mol. The molecule has 0 aliphatic rings. The Balaban J connectivity index is 1.72. The molecule has 25 heavy (non-hydrogen) atoms. The van der Waals surface area contributed by atoms with Gasteiger partial charge in [-0.3, -0.25) is 9.20 Å². The second-order valence-corrected chi connectivity index (χ2v) is 7.33. The molecule has 3 aromatic rings. The van der Waals surface area contributed by atoms with Gasteiger partial charge in [-0.15, -0.1) is 10.2 Å². The van der Waals surface area contributed by atoms with Crippen LogP contribution in [-0.4, -0.2) is 30.7 Å². The summed E-state index contributed by atoms with van der Waals surface area (Å²) in [6.45, 7) is 7.69. The lowest BCUT2D eigenvalue weighted by Gasteiger charge is -2.17. The topological polar surface area (TPSA) is 72.2 Å². The van der Waals surface area contributed by atoms with Crippen LogP contribution in [0.4, 0.5) is 0 Å². The first kappa shape index (κ1) is 17.4. The standard InChI is InChI=1S/C18H21N5OS/c1-11-10-16-21-22-18(23(16)14(4)19-11)25-13(3)17(24)20-12(2)15-8-6-5-7-9-15/h5-10,12-13H,1-4H3,(H,20,24). The quantitative estimate of drug-likeness (QED) is 0.712. The summed E-state index contributed by atoms with van der Waals surface area (Å²) >= 11 is 1.38. The van der Waals surface area contributed by atoms with E-state index in [4.69, 9.17) is 0 Å². The molecule has 3 rings (SSSR count). The lowest BCUT2D eigenvalue weighted by Crippen LogP contribution is -2.33. The van der Waals surface area contributed by atoms with Crippen molar-refractivity contribution in [2.75, 3.05) is 0 Å². The molecule has 1 N–H and O–H groups in total. The number of benzene rings is 1. The van der Waals surface area contributed by atoms with E-state index in [1.165, 1.54) is 11.8 Å². The molecule has 2 atom stereocenters. The van der Waals surface area contributed by atoms with Crippen molar-refractivity contribution in [3.05, 3.63) is 53.5 Å². The maximum Gasteiger partial charge on any atom is 0.233 e. The second kappa shape index (κ2) is 7.23. The van der Waals surface area contributed by atoms with Gasteiger partial charge in [-0.2, -0.15) is 0 Å². The lowest BCUT2D eigenvalue weighted by atomic mass is 10.1. The van der Waals surface area contributed by atoms with Gasteiger partial charge in [0.2, 0.25) is 5.91 Å². The minimum atomic E-state index is -0.292. The number of hydrogen-bond acceptors (Lipinski definition) is 5. The van der Waals surface area contributed by atoms with Gasteiger partial charge >= 0.3 is 0 Å². The Morgan fingerprint density at radius 3 is 2.60 bits per heavy atom. The zero-order valence-corrected chi connectivity index (χ0v) is 15.5. The number of thioether (sulfide) groups is 1. The van der Waals surface area contributed by atoms with Gasteiger partial charge in [-0.25, -0.2) is 4.98 Å². The normalized spacial score (nSPS) is 13.6. The number of aromatic nitrogens is 4.